The molecule has 0 saturated carbocycles. The van der Waals surface area contributed by atoms with Crippen molar-refractivity contribution in [3.63, 3.8) is 0 Å². The van der Waals surface area contributed by atoms with Crippen molar-refractivity contribution in [3.8, 4) is 5.75 Å². The zero-order chi connectivity index (χ0) is 13.7. The summed E-state index contributed by atoms with van der Waals surface area (Å²) in [5, 5.41) is 6.34. The van der Waals surface area contributed by atoms with Gasteiger partial charge in [-0.1, -0.05) is 18.2 Å². The average Bonchev–Trinajstić information content (AvgIpc) is 2.77. The molecule has 2 rings (SSSR count). The summed E-state index contributed by atoms with van der Waals surface area (Å²) < 4.78 is 5.78. The van der Waals surface area contributed by atoms with Gasteiger partial charge in [-0.2, -0.15) is 0 Å². The maximum atomic E-state index is 11.1. The molecule has 1 amide bonds. The molecule has 0 aliphatic carbocycles. The van der Waals surface area contributed by atoms with E-state index in [4.69, 9.17) is 4.74 Å². The summed E-state index contributed by atoms with van der Waals surface area (Å²) >= 11 is 0. The molecule has 2 N–H and O–H groups in total. The van der Waals surface area contributed by atoms with Crippen LogP contribution in [0.25, 0.3) is 0 Å². The fourth-order valence-corrected chi connectivity index (χ4v) is 2.23. The van der Waals surface area contributed by atoms with E-state index in [2.05, 4.69) is 16.7 Å². The number of nitrogens with one attached hydrogen (secondary N) is 2. The van der Waals surface area contributed by atoms with E-state index in [9.17, 15) is 4.79 Å². The van der Waals surface area contributed by atoms with Crippen LogP contribution in [0.15, 0.2) is 24.3 Å². The van der Waals surface area contributed by atoms with Gasteiger partial charge in [0.1, 0.15) is 5.75 Å². The Morgan fingerprint density at radius 1 is 1.42 bits per heavy atom. The van der Waals surface area contributed by atoms with E-state index in [1.165, 1.54) is 0 Å². The molecular formula is C15H22N2O2. The molecule has 1 aliphatic rings. The minimum absolute atomic E-state index is 0.162. The largest absolute Gasteiger partial charge is 0.491 e. The number of rotatable bonds is 6. The molecule has 1 atom stereocenters. The summed E-state index contributed by atoms with van der Waals surface area (Å²) in [5.74, 6) is 1.09. The van der Waals surface area contributed by atoms with Crippen molar-refractivity contribution >= 4 is 5.91 Å². The topological polar surface area (TPSA) is 50.4 Å². The van der Waals surface area contributed by atoms with Gasteiger partial charge in [-0.05, 0) is 26.3 Å². The van der Waals surface area contributed by atoms with E-state index in [0.717, 1.165) is 30.8 Å². The average molecular weight is 262 g/mol. The minimum Gasteiger partial charge on any atom is -0.491 e. The predicted octanol–water partition coefficient (Wildman–Crippen LogP) is 1.84. The maximum Gasteiger partial charge on any atom is 0.220 e. The molecule has 1 aromatic rings. The Kier molecular flexibility index (Phi) is 4.80. The van der Waals surface area contributed by atoms with Crippen LogP contribution < -0.4 is 15.4 Å². The number of ether oxygens (including phenoxy) is 1. The second-order valence-corrected chi connectivity index (χ2v) is 5.21. The zero-order valence-corrected chi connectivity index (χ0v) is 11.6. The Morgan fingerprint density at radius 3 is 2.89 bits per heavy atom. The minimum atomic E-state index is 0.162. The molecule has 1 aliphatic heterocycles. The van der Waals surface area contributed by atoms with Gasteiger partial charge in [0.05, 0.1) is 6.10 Å². The standard InChI is InChI=1S/C15H22N2O2/c1-11(2)19-14-6-4-3-5-12(14)9-16-10-13-7-8-15(18)17-13/h3-6,11,13,16H,7-10H2,1-2H3,(H,17,18). The lowest BCUT2D eigenvalue weighted by molar-refractivity contribution is -0.119. The highest BCUT2D eigenvalue weighted by atomic mass is 16.5. The highest BCUT2D eigenvalue weighted by Crippen LogP contribution is 2.19. The van der Waals surface area contributed by atoms with Gasteiger partial charge in [-0.25, -0.2) is 0 Å². The van der Waals surface area contributed by atoms with Crippen molar-refractivity contribution in [1.82, 2.24) is 10.6 Å². The second kappa shape index (κ2) is 6.57. The van der Waals surface area contributed by atoms with Crippen molar-refractivity contribution < 1.29 is 9.53 Å². The molecule has 4 heteroatoms. The van der Waals surface area contributed by atoms with E-state index in [1.54, 1.807) is 0 Å². The van der Waals surface area contributed by atoms with Gasteiger partial charge in [-0.15, -0.1) is 0 Å². The first-order valence-corrected chi connectivity index (χ1v) is 6.90. The fraction of sp³-hybridized carbons (Fsp3) is 0.533. The van der Waals surface area contributed by atoms with E-state index >= 15 is 0 Å². The molecule has 4 nitrogen and oxygen atoms in total. The lowest BCUT2D eigenvalue weighted by atomic mass is 10.2. The molecule has 1 aromatic carbocycles. The smallest absolute Gasteiger partial charge is 0.220 e. The van der Waals surface area contributed by atoms with Crippen LogP contribution in [0.1, 0.15) is 32.3 Å². The Balaban J connectivity index is 1.83. The van der Waals surface area contributed by atoms with Crippen molar-refractivity contribution in [2.75, 3.05) is 6.54 Å². The molecular weight excluding hydrogens is 240 g/mol. The Morgan fingerprint density at radius 2 is 2.21 bits per heavy atom. The van der Waals surface area contributed by atoms with Crippen LogP contribution in [0.5, 0.6) is 5.75 Å². The Labute approximate surface area is 114 Å². The maximum absolute atomic E-state index is 11.1. The molecule has 19 heavy (non-hydrogen) atoms. The molecule has 1 fully saturated rings. The first kappa shape index (κ1) is 13.9. The molecule has 1 saturated heterocycles. The number of amides is 1. The summed E-state index contributed by atoms with van der Waals surface area (Å²) in [6.07, 6.45) is 1.75. The third-order valence-electron chi connectivity index (χ3n) is 3.13. The highest BCUT2D eigenvalue weighted by molar-refractivity contribution is 5.78. The number of benzene rings is 1. The van der Waals surface area contributed by atoms with Gasteiger partial charge >= 0.3 is 0 Å². The van der Waals surface area contributed by atoms with Crippen molar-refractivity contribution in [1.29, 1.82) is 0 Å². The Hall–Kier alpha value is -1.55. The molecule has 1 unspecified atom stereocenters. The van der Waals surface area contributed by atoms with Gasteiger partial charge in [-0.3, -0.25) is 4.79 Å². The van der Waals surface area contributed by atoms with Crippen LogP contribution in [0, 0.1) is 0 Å². The lowest BCUT2D eigenvalue weighted by Gasteiger charge is -2.16. The molecule has 0 bridgehead atoms. The van der Waals surface area contributed by atoms with Crippen molar-refractivity contribution in [2.45, 2.75) is 45.4 Å². The summed E-state index contributed by atoms with van der Waals surface area (Å²) in [6.45, 7) is 5.62. The van der Waals surface area contributed by atoms with Crippen LogP contribution in [-0.4, -0.2) is 24.6 Å². The summed E-state index contributed by atoms with van der Waals surface area (Å²) in [6, 6.07) is 8.33. The number of carbonyl (C=O) groups is 1. The van der Waals surface area contributed by atoms with E-state index in [-0.39, 0.29) is 18.1 Å². The molecule has 104 valence electrons. The number of hydrogen-bond acceptors (Lipinski definition) is 3. The third kappa shape index (κ3) is 4.24. The molecule has 0 spiro atoms. The van der Waals surface area contributed by atoms with Gasteiger partial charge < -0.3 is 15.4 Å². The van der Waals surface area contributed by atoms with Gasteiger partial charge in [0, 0.05) is 31.1 Å². The van der Waals surface area contributed by atoms with Crippen LogP contribution in [0.3, 0.4) is 0 Å². The number of para-hydroxylation sites is 1. The van der Waals surface area contributed by atoms with Crippen molar-refractivity contribution in [3.05, 3.63) is 29.8 Å². The van der Waals surface area contributed by atoms with Crippen molar-refractivity contribution in [2.24, 2.45) is 0 Å². The molecule has 1 heterocycles. The quantitative estimate of drug-likeness (QED) is 0.822. The normalized spacial score (nSPS) is 18.7. The van der Waals surface area contributed by atoms with Crippen LogP contribution >= 0.6 is 0 Å². The summed E-state index contributed by atoms with van der Waals surface area (Å²) in [7, 11) is 0. The predicted molar refractivity (Wildman–Crippen MR) is 75.1 cm³/mol. The van der Waals surface area contributed by atoms with E-state index < -0.39 is 0 Å². The summed E-state index contributed by atoms with van der Waals surface area (Å²) in [5.41, 5.74) is 1.15. The molecule has 0 aromatic heterocycles. The SMILES string of the molecule is CC(C)Oc1ccccc1CNCC1CCC(=O)N1. The third-order valence-corrected chi connectivity index (χ3v) is 3.13. The van der Waals surface area contributed by atoms with Crippen LogP contribution in [0.2, 0.25) is 0 Å². The Bertz CT molecular complexity index is 432. The lowest BCUT2D eigenvalue weighted by Crippen LogP contribution is -2.35. The monoisotopic (exact) mass is 262 g/mol. The van der Waals surface area contributed by atoms with Crippen LogP contribution in [0.4, 0.5) is 0 Å². The summed E-state index contributed by atoms with van der Waals surface area (Å²) in [4.78, 5) is 11.1. The highest BCUT2D eigenvalue weighted by Gasteiger charge is 2.19. The van der Waals surface area contributed by atoms with Crippen LogP contribution in [-0.2, 0) is 11.3 Å². The fourth-order valence-electron chi connectivity index (χ4n) is 2.23. The zero-order valence-electron chi connectivity index (χ0n) is 11.6. The second-order valence-electron chi connectivity index (χ2n) is 5.21. The first-order valence-electron chi connectivity index (χ1n) is 6.90. The van der Waals surface area contributed by atoms with Gasteiger partial charge in [0.15, 0.2) is 0 Å². The van der Waals surface area contributed by atoms with E-state index in [0.29, 0.717) is 6.42 Å². The molecule has 0 radical (unpaired) electrons. The number of carbonyl (C=O) groups excluding carboxylic acids is 1. The first-order chi connectivity index (χ1) is 9.15. The number of hydrogen-bond donors (Lipinski definition) is 2. The van der Waals surface area contributed by atoms with Gasteiger partial charge in [0.25, 0.3) is 0 Å². The van der Waals surface area contributed by atoms with Gasteiger partial charge in [0.2, 0.25) is 5.91 Å². The van der Waals surface area contributed by atoms with E-state index in [1.807, 2.05) is 32.0 Å².